The molecule has 0 saturated heterocycles. The van der Waals surface area contributed by atoms with Gasteiger partial charge in [-0.2, -0.15) is 8.78 Å². The monoisotopic (exact) mass is 405 g/mol. The van der Waals surface area contributed by atoms with Gasteiger partial charge in [0.2, 0.25) is 5.89 Å². The zero-order valence-electron chi connectivity index (χ0n) is 14.2. The van der Waals surface area contributed by atoms with Crippen LogP contribution in [-0.2, 0) is 9.53 Å². The van der Waals surface area contributed by atoms with Crippen LogP contribution in [0.2, 0.25) is 0 Å². The maximum absolute atomic E-state index is 12.6. The number of anilines is 1. The van der Waals surface area contributed by atoms with Crippen LogP contribution in [0, 0.1) is 0 Å². The van der Waals surface area contributed by atoms with Gasteiger partial charge in [0.1, 0.15) is 0 Å². The average molecular weight is 405 g/mol. The van der Waals surface area contributed by atoms with Gasteiger partial charge < -0.3 is 9.15 Å². The van der Waals surface area contributed by atoms with Crippen molar-refractivity contribution in [2.24, 2.45) is 0 Å². The van der Waals surface area contributed by atoms with Gasteiger partial charge in [-0.1, -0.05) is 47.2 Å². The molecule has 3 rings (SSSR count). The van der Waals surface area contributed by atoms with Gasteiger partial charge in [0, 0.05) is 10.5 Å². The quantitative estimate of drug-likeness (QED) is 0.471. The average Bonchev–Trinajstić information content (AvgIpc) is 3.15. The number of nitrogens with zero attached hydrogens (tertiary/aromatic N) is 2. The third-order valence-electron chi connectivity index (χ3n) is 3.35. The van der Waals surface area contributed by atoms with Crippen molar-refractivity contribution in [3.63, 3.8) is 0 Å². The summed E-state index contributed by atoms with van der Waals surface area (Å²) in [5.74, 6) is -4.08. The molecule has 0 atom stereocenters. The summed E-state index contributed by atoms with van der Waals surface area (Å²) in [5.41, 5.74) is 0.625. The van der Waals surface area contributed by atoms with Crippen molar-refractivity contribution < 1.29 is 27.5 Å². The third kappa shape index (κ3) is 5.13. The number of ether oxygens (including phenoxy) is 1. The molecule has 10 heteroatoms. The van der Waals surface area contributed by atoms with Crippen LogP contribution in [0.5, 0.6) is 0 Å². The standard InChI is InChI=1S/C18H13F2N3O4S/c19-17(20)28-13-9-5-4-8-12(13)16(25)26-10-14(24)21-18-23-22-15(27-18)11-6-2-1-3-7-11/h1-9,17H,10H2,(H,21,23,24). The topological polar surface area (TPSA) is 94.3 Å². The second-order valence-electron chi connectivity index (χ2n) is 5.28. The molecule has 7 nitrogen and oxygen atoms in total. The summed E-state index contributed by atoms with van der Waals surface area (Å²) in [5, 5.41) is 9.80. The van der Waals surface area contributed by atoms with E-state index in [2.05, 4.69) is 15.5 Å². The molecule has 0 radical (unpaired) electrons. The predicted molar refractivity (Wildman–Crippen MR) is 96.9 cm³/mol. The third-order valence-corrected chi connectivity index (χ3v) is 4.14. The van der Waals surface area contributed by atoms with Crippen molar-refractivity contribution in [1.82, 2.24) is 10.2 Å². The summed E-state index contributed by atoms with van der Waals surface area (Å²) >= 11 is 0.223. The Labute approximate surface area is 162 Å². The number of hydrogen-bond acceptors (Lipinski definition) is 7. The van der Waals surface area contributed by atoms with Crippen LogP contribution < -0.4 is 5.32 Å². The van der Waals surface area contributed by atoms with Crippen LogP contribution in [0.3, 0.4) is 0 Å². The van der Waals surface area contributed by atoms with Crippen LogP contribution in [-0.4, -0.2) is 34.4 Å². The number of rotatable bonds is 7. The van der Waals surface area contributed by atoms with Crippen molar-refractivity contribution in [1.29, 1.82) is 0 Å². The van der Waals surface area contributed by atoms with E-state index in [-0.39, 0.29) is 34.1 Å². The maximum atomic E-state index is 12.6. The number of nitrogens with one attached hydrogen (secondary N) is 1. The Morgan fingerprint density at radius 2 is 1.79 bits per heavy atom. The Morgan fingerprint density at radius 1 is 1.07 bits per heavy atom. The van der Waals surface area contributed by atoms with Crippen molar-refractivity contribution >= 4 is 29.7 Å². The first-order valence-electron chi connectivity index (χ1n) is 7.92. The van der Waals surface area contributed by atoms with Gasteiger partial charge in [-0.3, -0.25) is 10.1 Å². The second-order valence-corrected chi connectivity index (χ2v) is 6.31. The maximum Gasteiger partial charge on any atom is 0.339 e. The molecule has 0 aliphatic heterocycles. The molecular formula is C18H13F2N3O4S. The lowest BCUT2D eigenvalue weighted by Crippen LogP contribution is -2.21. The molecule has 1 heterocycles. The highest BCUT2D eigenvalue weighted by molar-refractivity contribution is 7.99. The molecule has 0 unspecified atom stereocenters. The molecule has 1 N–H and O–H groups in total. The molecule has 0 fully saturated rings. The van der Waals surface area contributed by atoms with Gasteiger partial charge in [-0.25, -0.2) is 4.79 Å². The highest BCUT2D eigenvalue weighted by Gasteiger charge is 2.18. The number of esters is 1. The normalized spacial score (nSPS) is 10.7. The number of carbonyl (C=O) groups is 2. The summed E-state index contributed by atoms with van der Waals surface area (Å²) < 4.78 is 35.3. The van der Waals surface area contributed by atoms with Gasteiger partial charge in [0.05, 0.1) is 5.56 Å². The molecule has 28 heavy (non-hydrogen) atoms. The van der Waals surface area contributed by atoms with E-state index in [4.69, 9.17) is 9.15 Å². The molecule has 1 aromatic heterocycles. The van der Waals surface area contributed by atoms with Crippen molar-refractivity contribution in [2.75, 3.05) is 11.9 Å². The minimum Gasteiger partial charge on any atom is -0.452 e. The number of amides is 1. The number of carbonyl (C=O) groups excluding carboxylic acids is 2. The number of alkyl halides is 2. The van der Waals surface area contributed by atoms with Gasteiger partial charge in [-0.05, 0) is 24.3 Å². The van der Waals surface area contributed by atoms with E-state index in [1.165, 1.54) is 24.3 Å². The van der Waals surface area contributed by atoms with Crippen LogP contribution >= 0.6 is 11.8 Å². The predicted octanol–water partition coefficient (Wildman–Crippen LogP) is 3.85. The van der Waals surface area contributed by atoms with E-state index >= 15 is 0 Å². The van der Waals surface area contributed by atoms with Gasteiger partial charge in [-0.15, -0.1) is 5.10 Å². The summed E-state index contributed by atoms with van der Waals surface area (Å²) in [4.78, 5) is 24.1. The Kier molecular flexibility index (Phi) is 6.33. The summed E-state index contributed by atoms with van der Waals surface area (Å²) in [7, 11) is 0. The molecule has 0 saturated carbocycles. The van der Waals surface area contributed by atoms with Crippen LogP contribution in [0.25, 0.3) is 11.5 Å². The van der Waals surface area contributed by atoms with Crippen LogP contribution in [0.15, 0.2) is 63.9 Å². The zero-order chi connectivity index (χ0) is 19.9. The van der Waals surface area contributed by atoms with E-state index in [1.54, 1.807) is 24.3 Å². The minimum atomic E-state index is -2.69. The fraction of sp³-hybridized carbons (Fsp3) is 0.111. The molecule has 0 aliphatic rings. The first-order valence-corrected chi connectivity index (χ1v) is 8.80. The van der Waals surface area contributed by atoms with E-state index in [9.17, 15) is 18.4 Å². The second kappa shape index (κ2) is 9.09. The Hall–Kier alpha value is -3.27. The van der Waals surface area contributed by atoms with E-state index in [1.807, 2.05) is 6.07 Å². The van der Waals surface area contributed by atoms with E-state index < -0.39 is 24.2 Å². The lowest BCUT2D eigenvalue weighted by atomic mass is 10.2. The number of halogens is 2. The smallest absolute Gasteiger partial charge is 0.339 e. The highest BCUT2D eigenvalue weighted by atomic mass is 32.2. The van der Waals surface area contributed by atoms with Crippen molar-refractivity contribution in [3.05, 3.63) is 60.2 Å². The molecule has 144 valence electrons. The van der Waals surface area contributed by atoms with E-state index in [0.717, 1.165) is 0 Å². The molecule has 0 spiro atoms. The summed E-state index contributed by atoms with van der Waals surface area (Å²) in [6.07, 6.45) is 0. The first kappa shape index (κ1) is 19.5. The summed E-state index contributed by atoms with van der Waals surface area (Å²) in [6.45, 7) is -0.643. The Morgan fingerprint density at radius 3 is 2.54 bits per heavy atom. The first-order chi connectivity index (χ1) is 13.5. The molecule has 0 bridgehead atoms. The summed E-state index contributed by atoms with van der Waals surface area (Å²) in [6, 6.07) is 14.5. The van der Waals surface area contributed by atoms with Crippen molar-refractivity contribution in [3.8, 4) is 11.5 Å². The van der Waals surface area contributed by atoms with Gasteiger partial charge in [0.25, 0.3) is 11.7 Å². The van der Waals surface area contributed by atoms with E-state index in [0.29, 0.717) is 5.56 Å². The van der Waals surface area contributed by atoms with Crippen molar-refractivity contribution in [2.45, 2.75) is 10.7 Å². The molecule has 3 aromatic rings. The number of hydrogen-bond donors (Lipinski definition) is 1. The molecule has 2 aromatic carbocycles. The van der Waals surface area contributed by atoms with Gasteiger partial charge in [0.15, 0.2) is 6.61 Å². The lowest BCUT2D eigenvalue weighted by molar-refractivity contribution is -0.119. The lowest BCUT2D eigenvalue weighted by Gasteiger charge is -2.08. The van der Waals surface area contributed by atoms with Gasteiger partial charge >= 0.3 is 12.0 Å². The minimum absolute atomic E-state index is 0.0512. The number of benzene rings is 2. The highest BCUT2D eigenvalue weighted by Crippen LogP contribution is 2.28. The number of aromatic nitrogens is 2. The Bertz CT molecular complexity index is 966. The molecule has 0 aliphatic carbocycles. The fourth-order valence-corrected chi connectivity index (χ4v) is 2.80. The van der Waals surface area contributed by atoms with Crippen LogP contribution in [0.4, 0.5) is 14.8 Å². The largest absolute Gasteiger partial charge is 0.452 e. The Balaban J connectivity index is 1.56. The SMILES string of the molecule is O=C(COC(=O)c1ccccc1SC(F)F)Nc1nnc(-c2ccccc2)o1. The number of thioether (sulfide) groups is 1. The zero-order valence-corrected chi connectivity index (χ0v) is 15.0. The molecule has 1 amide bonds. The fourth-order valence-electron chi connectivity index (χ4n) is 2.17. The molecular weight excluding hydrogens is 392 g/mol. The van der Waals surface area contributed by atoms with Crippen LogP contribution in [0.1, 0.15) is 10.4 Å².